The van der Waals surface area contributed by atoms with Crippen molar-refractivity contribution < 1.29 is 33.2 Å². The lowest BCUT2D eigenvalue weighted by Crippen LogP contribution is -2.52. The summed E-state index contributed by atoms with van der Waals surface area (Å²) in [5.41, 5.74) is 5.16. The van der Waals surface area contributed by atoms with Gasteiger partial charge in [0.05, 0.1) is 45.2 Å². The fourth-order valence-corrected chi connectivity index (χ4v) is 5.88. The lowest BCUT2D eigenvalue weighted by atomic mass is 10.0. The van der Waals surface area contributed by atoms with Crippen LogP contribution < -0.4 is 0 Å². The quantitative estimate of drug-likeness (QED) is 0.123. The van der Waals surface area contributed by atoms with Crippen LogP contribution in [0, 0.1) is 0 Å². The minimum Gasteiger partial charge on any atom is -0.459 e. The highest BCUT2D eigenvalue weighted by atomic mass is 16.6. The van der Waals surface area contributed by atoms with Gasteiger partial charge in [0.25, 0.3) is 0 Å². The van der Waals surface area contributed by atoms with Gasteiger partial charge in [-0.2, -0.15) is 0 Å². The van der Waals surface area contributed by atoms with Crippen molar-refractivity contribution in [2.45, 2.75) is 50.8 Å². The van der Waals surface area contributed by atoms with Crippen molar-refractivity contribution >= 4 is 12.0 Å². The summed E-state index contributed by atoms with van der Waals surface area (Å²) in [5, 5.41) is 0. The molecule has 5 aromatic carbocycles. The molecule has 0 saturated heterocycles. The Morgan fingerprint density at radius 2 is 0.902 bits per heavy atom. The van der Waals surface area contributed by atoms with Gasteiger partial charge in [-0.15, -0.1) is 0 Å². The fourth-order valence-electron chi connectivity index (χ4n) is 5.88. The summed E-state index contributed by atoms with van der Waals surface area (Å²) in [4.78, 5) is 13.7. The molecule has 1 aliphatic heterocycles. The molecule has 4 atom stereocenters. The summed E-state index contributed by atoms with van der Waals surface area (Å²) in [6.45, 7) is 1.59. The smallest absolute Gasteiger partial charge is 0.338 e. The molecule has 0 bridgehead atoms. The van der Waals surface area contributed by atoms with Crippen LogP contribution in [0.15, 0.2) is 152 Å². The van der Waals surface area contributed by atoms with Gasteiger partial charge in [0.15, 0.2) is 0 Å². The normalized spacial score (nSPS) is 20.4. The topological polar surface area (TPSA) is 72.5 Å². The van der Waals surface area contributed by atoms with Crippen molar-refractivity contribution in [3.05, 3.63) is 185 Å². The first-order chi connectivity index (χ1) is 25.2. The van der Waals surface area contributed by atoms with Crippen LogP contribution in [-0.4, -0.2) is 50.2 Å². The average Bonchev–Trinajstić information content (AvgIpc) is 3.19. The summed E-state index contributed by atoms with van der Waals surface area (Å²) in [7, 11) is 0. The van der Waals surface area contributed by atoms with E-state index in [2.05, 4.69) is 0 Å². The Morgan fingerprint density at radius 1 is 0.490 bits per heavy atom. The molecule has 6 rings (SSSR count). The minimum atomic E-state index is -0.747. The van der Waals surface area contributed by atoms with Crippen LogP contribution in [0.1, 0.15) is 38.2 Å². The molecule has 0 aromatic heterocycles. The fraction of sp³-hybridized carbons (Fsp3) is 0.250. The Kier molecular flexibility index (Phi) is 13.7. The summed E-state index contributed by atoms with van der Waals surface area (Å²) >= 11 is 0. The Hall–Kier alpha value is -4.89. The van der Waals surface area contributed by atoms with E-state index < -0.39 is 30.4 Å². The van der Waals surface area contributed by atoms with Crippen LogP contribution in [0.4, 0.5) is 0 Å². The molecule has 0 aliphatic carbocycles. The van der Waals surface area contributed by atoms with Gasteiger partial charge in [-0.25, -0.2) is 4.79 Å². The lowest BCUT2D eigenvalue weighted by Gasteiger charge is -2.37. The Labute approximate surface area is 300 Å². The number of carbonyl (C=O) groups is 1. The molecule has 5 aromatic rings. The van der Waals surface area contributed by atoms with Crippen LogP contribution in [0.25, 0.3) is 6.08 Å². The second-order valence-electron chi connectivity index (χ2n) is 12.3. The number of cyclic esters (lactones) is 1. The van der Waals surface area contributed by atoms with E-state index in [1.165, 1.54) is 0 Å². The number of benzene rings is 5. The van der Waals surface area contributed by atoms with E-state index in [0.717, 1.165) is 27.8 Å². The van der Waals surface area contributed by atoms with Gasteiger partial charge in [0.1, 0.15) is 31.0 Å². The van der Waals surface area contributed by atoms with E-state index in [0.29, 0.717) is 25.4 Å². The van der Waals surface area contributed by atoms with Crippen molar-refractivity contribution in [2.75, 3.05) is 19.8 Å². The third-order valence-electron chi connectivity index (χ3n) is 8.59. The van der Waals surface area contributed by atoms with Crippen molar-refractivity contribution in [3.63, 3.8) is 0 Å². The summed E-state index contributed by atoms with van der Waals surface area (Å²) in [6.07, 6.45) is 0.991. The number of esters is 1. The number of hydrogen-bond acceptors (Lipinski definition) is 7. The SMILES string of the molecule is O=C1OC[C@@H](OCc2ccccc2)[C@@H](OCc2ccccc2)[C@H](OCc2ccccc2)[C@@H](OCc2ccccc2)COC/C=C/c2ccccc21. The van der Waals surface area contributed by atoms with Gasteiger partial charge in [0, 0.05) is 0 Å². The monoisotopic (exact) mass is 684 g/mol. The van der Waals surface area contributed by atoms with Gasteiger partial charge in [-0.05, 0) is 33.9 Å². The highest BCUT2D eigenvalue weighted by Gasteiger charge is 2.39. The average molecular weight is 685 g/mol. The van der Waals surface area contributed by atoms with E-state index in [1.807, 2.05) is 152 Å². The molecule has 0 unspecified atom stereocenters. The molecular weight excluding hydrogens is 640 g/mol. The first-order valence-electron chi connectivity index (χ1n) is 17.4. The van der Waals surface area contributed by atoms with Crippen LogP contribution in [0.3, 0.4) is 0 Å². The Bertz CT molecular complexity index is 1760. The summed E-state index contributed by atoms with van der Waals surface area (Å²) in [6, 6.07) is 47.2. The Morgan fingerprint density at radius 3 is 1.39 bits per heavy atom. The van der Waals surface area contributed by atoms with Crippen LogP contribution in [0.5, 0.6) is 0 Å². The number of ether oxygens (including phenoxy) is 6. The zero-order valence-corrected chi connectivity index (χ0v) is 28.6. The third-order valence-corrected chi connectivity index (χ3v) is 8.59. The maximum atomic E-state index is 13.7. The van der Waals surface area contributed by atoms with Gasteiger partial charge in [0.2, 0.25) is 0 Å². The molecule has 0 radical (unpaired) electrons. The van der Waals surface area contributed by atoms with E-state index in [1.54, 1.807) is 6.07 Å². The van der Waals surface area contributed by atoms with Crippen molar-refractivity contribution in [1.82, 2.24) is 0 Å². The van der Waals surface area contributed by atoms with Gasteiger partial charge < -0.3 is 28.4 Å². The second-order valence-corrected chi connectivity index (χ2v) is 12.3. The van der Waals surface area contributed by atoms with Crippen LogP contribution in [0.2, 0.25) is 0 Å². The van der Waals surface area contributed by atoms with Crippen molar-refractivity contribution in [1.29, 1.82) is 0 Å². The highest BCUT2D eigenvalue weighted by Crippen LogP contribution is 2.25. The van der Waals surface area contributed by atoms with Gasteiger partial charge >= 0.3 is 5.97 Å². The van der Waals surface area contributed by atoms with Crippen molar-refractivity contribution in [3.8, 4) is 0 Å². The number of hydrogen-bond donors (Lipinski definition) is 0. The number of carbonyl (C=O) groups excluding carboxylic acids is 1. The maximum absolute atomic E-state index is 13.7. The molecule has 262 valence electrons. The minimum absolute atomic E-state index is 0.0827. The van der Waals surface area contributed by atoms with Crippen LogP contribution in [-0.2, 0) is 54.8 Å². The molecule has 0 fully saturated rings. The third kappa shape index (κ3) is 11.0. The first-order valence-corrected chi connectivity index (χ1v) is 17.4. The molecule has 0 N–H and O–H groups in total. The van der Waals surface area contributed by atoms with Crippen molar-refractivity contribution in [2.24, 2.45) is 0 Å². The molecule has 0 spiro atoms. The molecule has 51 heavy (non-hydrogen) atoms. The molecular formula is C44H44O7. The zero-order chi connectivity index (χ0) is 34.9. The second kappa shape index (κ2) is 19.5. The molecule has 0 saturated carbocycles. The van der Waals surface area contributed by atoms with Crippen LogP contribution >= 0.6 is 0 Å². The molecule has 0 amide bonds. The first kappa shape index (κ1) is 35.9. The van der Waals surface area contributed by atoms with E-state index >= 15 is 0 Å². The van der Waals surface area contributed by atoms with Gasteiger partial charge in [-0.1, -0.05) is 152 Å². The van der Waals surface area contributed by atoms with Gasteiger partial charge in [-0.3, -0.25) is 0 Å². The largest absolute Gasteiger partial charge is 0.459 e. The number of fused-ring (bicyclic) bond motifs is 1. The van der Waals surface area contributed by atoms with E-state index in [4.69, 9.17) is 28.4 Å². The molecule has 7 nitrogen and oxygen atoms in total. The predicted molar refractivity (Wildman–Crippen MR) is 197 cm³/mol. The van der Waals surface area contributed by atoms with E-state index in [-0.39, 0.29) is 26.4 Å². The lowest BCUT2D eigenvalue weighted by molar-refractivity contribution is -0.204. The number of rotatable bonds is 12. The molecule has 1 heterocycles. The Balaban J connectivity index is 1.39. The standard InChI is InChI=1S/C44H44O7/c45-44-39-26-14-13-24-38(39)25-15-27-46-32-40(47-28-34-16-5-1-6-17-34)42(49-30-36-20-9-3-10-21-36)43(50-31-37-22-11-4-12-23-37)41(33-51-44)48-29-35-18-7-2-8-19-35/h1-26,40-43H,27-33H2/b25-15+/t40-,41+,42+,43+/m0/s1. The highest BCUT2D eigenvalue weighted by molar-refractivity contribution is 5.93. The summed E-state index contributed by atoms with van der Waals surface area (Å²) < 4.78 is 39.3. The van der Waals surface area contributed by atoms with E-state index in [9.17, 15) is 4.79 Å². The molecule has 1 aliphatic rings. The maximum Gasteiger partial charge on any atom is 0.338 e. The molecule has 7 heteroatoms. The summed E-state index contributed by atoms with van der Waals surface area (Å²) in [5.74, 6) is -0.457. The zero-order valence-electron chi connectivity index (χ0n) is 28.6. The predicted octanol–water partition coefficient (Wildman–Crippen LogP) is 8.23.